The normalized spacial score (nSPS) is 15.4. The number of nitrogens with zero attached hydrogens (tertiary/aromatic N) is 2. The van der Waals surface area contributed by atoms with E-state index < -0.39 is 0 Å². The summed E-state index contributed by atoms with van der Waals surface area (Å²) in [6.45, 7) is 4.45. The molecular weight excluding hydrogens is 386 g/mol. The number of carbonyl (C=O) groups is 1. The number of aromatic nitrogens is 1. The van der Waals surface area contributed by atoms with Gasteiger partial charge in [-0.2, -0.15) is 0 Å². The Morgan fingerprint density at radius 2 is 2.07 bits per heavy atom. The number of likely N-dealkylation sites (tertiary alicyclic amines) is 1. The van der Waals surface area contributed by atoms with Crippen LogP contribution in [0.25, 0.3) is 10.8 Å². The van der Waals surface area contributed by atoms with Gasteiger partial charge < -0.3 is 14.5 Å². The molecule has 0 bridgehead atoms. The van der Waals surface area contributed by atoms with E-state index in [1.807, 2.05) is 37.3 Å². The first-order valence-corrected chi connectivity index (χ1v) is 10.7. The van der Waals surface area contributed by atoms with Crippen LogP contribution in [0.4, 0.5) is 0 Å². The highest BCUT2D eigenvalue weighted by Gasteiger charge is 2.26. The molecule has 0 spiro atoms. The van der Waals surface area contributed by atoms with Crippen LogP contribution in [0.2, 0.25) is 0 Å². The molecule has 1 N–H and O–H groups in total. The molecule has 2 aromatic heterocycles. The van der Waals surface area contributed by atoms with E-state index >= 15 is 0 Å². The smallest absolute Gasteiger partial charge is 0.270 e. The molecule has 7 heteroatoms. The summed E-state index contributed by atoms with van der Waals surface area (Å²) < 4.78 is 11.2. The Morgan fingerprint density at radius 1 is 1.28 bits per heavy atom. The zero-order chi connectivity index (χ0) is 20.2. The molecule has 0 saturated carbocycles. The fourth-order valence-electron chi connectivity index (χ4n) is 3.75. The summed E-state index contributed by atoms with van der Waals surface area (Å²) in [7, 11) is 1.69. The topological polar surface area (TPSA) is 67.6 Å². The fourth-order valence-corrected chi connectivity index (χ4v) is 4.51. The highest BCUT2D eigenvalue weighted by Crippen LogP contribution is 2.31. The van der Waals surface area contributed by atoms with E-state index in [4.69, 9.17) is 9.15 Å². The Balaban J connectivity index is 1.48. The quantitative estimate of drug-likeness (QED) is 0.628. The fraction of sp³-hybridized carbons (Fsp3) is 0.364. The zero-order valence-corrected chi connectivity index (χ0v) is 17.5. The number of ether oxygens (including phenoxy) is 1. The second-order valence-corrected chi connectivity index (χ2v) is 8.02. The number of hydrogen-bond donors (Lipinski definition) is 1. The number of rotatable bonds is 7. The van der Waals surface area contributed by atoms with Gasteiger partial charge in [0, 0.05) is 17.5 Å². The lowest BCUT2D eigenvalue weighted by Crippen LogP contribution is -2.37. The zero-order valence-electron chi connectivity index (χ0n) is 16.7. The molecule has 3 heterocycles. The van der Waals surface area contributed by atoms with Gasteiger partial charge in [-0.3, -0.25) is 9.69 Å². The van der Waals surface area contributed by atoms with E-state index in [0.717, 1.165) is 30.2 Å². The number of amides is 1. The Morgan fingerprint density at radius 3 is 2.79 bits per heavy atom. The SMILES string of the molecule is COc1ccccc1C(CNC(=O)c1csc(-c2ccc(C)o2)n1)N1CCCC1. The molecule has 1 aliphatic rings. The molecule has 1 unspecified atom stereocenters. The van der Waals surface area contributed by atoms with Crippen molar-refractivity contribution in [1.82, 2.24) is 15.2 Å². The maximum Gasteiger partial charge on any atom is 0.270 e. The summed E-state index contributed by atoms with van der Waals surface area (Å²) >= 11 is 1.41. The summed E-state index contributed by atoms with van der Waals surface area (Å²) in [6.07, 6.45) is 2.36. The van der Waals surface area contributed by atoms with Gasteiger partial charge in [0.1, 0.15) is 17.2 Å². The Labute approximate surface area is 174 Å². The van der Waals surface area contributed by atoms with E-state index in [1.165, 1.54) is 24.2 Å². The number of furan rings is 1. The Bertz CT molecular complexity index is 975. The minimum atomic E-state index is -0.171. The maximum absolute atomic E-state index is 12.8. The van der Waals surface area contributed by atoms with Gasteiger partial charge in [-0.1, -0.05) is 18.2 Å². The van der Waals surface area contributed by atoms with Crippen LogP contribution in [-0.2, 0) is 0 Å². The van der Waals surface area contributed by atoms with E-state index in [-0.39, 0.29) is 11.9 Å². The summed E-state index contributed by atoms with van der Waals surface area (Å²) in [5.74, 6) is 2.19. The molecule has 1 saturated heterocycles. The van der Waals surface area contributed by atoms with Crippen molar-refractivity contribution >= 4 is 17.2 Å². The van der Waals surface area contributed by atoms with Crippen LogP contribution in [0.5, 0.6) is 5.75 Å². The van der Waals surface area contributed by atoms with Gasteiger partial charge in [0.05, 0.1) is 13.2 Å². The predicted molar refractivity (Wildman–Crippen MR) is 113 cm³/mol. The van der Waals surface area contributed by atoms with Crippen LogP contribution in [-0.4, -0.2) is 42.5 Å². The molecule has 1 aromatic carbocycles. The number of benzene rings is 1. The van der Waals surface area contributed by atoms with Gasteiger partial charge in [0.25, 0.3) is 5.91 Å². The maximum atomic E-state index is 12.8. The third-order valence-electron chi connectivity index (χ3n) is 5.22. The van der Waals surface area contributed by atoms with Crippen molar-refractivity contribution in [3.05, 3.63) is 58.8 Å². The number of nitrogens with one attached hydrogen (secondary N) is 1. The van der Waals surface area contributed by atoms with Gasteiger partial charge in [-0.25, -0.2) is 4.98 Å². The molecule has 152 valence electrons. The number of hydrogen-bond acceptors (Lipinski definition) is 6. The van der Waals surface area contributed by atoms with Crippen LogP contribution in [0.1, 0.15) is 40.7 Å². The van der Waals surface area contributed by atoms with E-state index in [2.05, 4.69) is 21.3 Å². The van der Waals surface area contributed by atoms with E-state index in [0.29, 0.717) is 23.0 Å². The molecule has 1 aliphatic heterocycles. The predicted octanol–water partition coefficient (Wildman–Crippen LogP) is 4.29. The van der Waals surface area contributed by atoms with E-state index in [9.17, 15) is 4.79 Å². The van der Waals surface area contributed by atoms with Gasteiger partial charge in [0.2, 0.25) is 0 Å². The monoisotopic (exact) mass is 411 g/mol. The molecule has 0 radical (unpaired) electrons. The molecular formula is C22H25N3O3S. The number of thiazole rings is 1. The number of aryl methyl sites for hydroxylation is 1. The number of para-hydroxylation sites is 1. The number of carbonyl (C=O) groups excluding carboxylic acids is 1. The van der Waals surface area contributed by atoms with Crippen LogP contribution in [0.15, 0.2) is 46.2 Å². The molecule has 6 nitrogen and oxygen atoms in total. The summed E-state index contributed by atoms with van der Waals surface area (Å²) in [6, 6.07) is 11.9. The Kier molecular flexibility index (Phi) is 5.97. The van der Waals surface area contributed by atoms with Crippen LogP contribution in [0, 0.1) is 6.92 Å². The van der Waals surface area contributed by atoms with Crippen molar-refractivity contribution in [2.75, 3.05) is 26.7 Å². The third-order valence-corrected chi connectivity index (χ3v) is 6.08. The summed E-state index contributed by atoms with van der Waals surface area (Å²) in [5, 5.41) is 5.56. The Hall–Kier alpha value is -2.64. The summed E-state index contributed by atoms with van der Waals surface area (Å²) in [4.78, 5) is 19.6. The first-order chi connectivity index (χ1) is 14.2. The van der Waals surface area contributed by atoms with Crippen LogP contribution in [0.3, 0.4) is 0 Å². The average molecular weight is 412 g/mol. The second kappa shape index (κ2) is 8.80. The lowest BCUT2D eigenvalue weighted by molar-refractivity contribution is 0.0933. The first kappa shape index (κ1) is 19.7. The molecule has 1 fully saturated rings. The highest BCUT2D eigenvalue weighted by atomic mass is 32.1. The molecule has 4 rings (SSSR count). The van der Waals surface area contributed by atoms with E-state index in [1.54, 1.807) is 12.5 Å². The van der Waals surface area contributed by atoms with Gasteiger partial charge in [0.15, 0.2) is 10.8 Å². The lowest BCUT2D eigenvalue weighted by Gasteiger charge is -2.29. The van der Waals surface area contributed by atoms with Crippen molar-refractivity contribution < 1.29 is 13.9 Å². The molecule has 3 aromatic rings. The van der Waals surface area contributed by atoms with Crippen molar-refractivity contribution in [2.24, 2.45) is 0 Å². The number of methoxy groups -OCH3 is 1. The van der Waals surface area contributed by atoms with Crippen molar-refractivity contribution in [1.29, 1.82) is 0 Å². The van der Waals surface area contributed by atoms with Gasteiger partial charge in [-0.05, 0) is 51.1 Å². The molecule has 1 atom stereocenters. The molecule has 29 heavy (non-hydrogen) atoms. The minimum absolute atomic E-state index is 0.0726. The van der Waals surface area contributed by atoms with Gasteiger partial charge >= 0.3 is 0 Å². The lowest BCUT2D eigenvalue weighted by atomic mass is 10.0. The first-order valence-electron chi connectivity index (χ1n) is 9.83. The molecule has 0 aliphatic carbocycles. The third kappa shape index (κ3) is 4.36. The second-order valence-electron chi connectivity index (χ2n) is 7.16. The molecule has 1 amide bonds. The largest absolute Gasteiger partial charge is 0.496 e. The van der Waals surface area contributed by atoms with Crippen molar-refractivity contribution in [3.8, 4) is 16.5 Å². The van der Waals surface area contributed by atoms with Crippen LogP contribution < -0.4 is 10.1 Å². The van der Waals surface area contributed by atoms with Gasteiger partial charge in [-0.15, -0.1) is 11.3 Å². The van der Waals surface area contributed by atoms with Crippen molar-refractivity contribution in [3.63, 3.8) is 0 Å². The standard InChI is InChI=1S/C22H25N3O3S/c1-15-9-10-20(28-15)22-24-17(14-29-22)21(26)23-13-18(25-11-5-6-12-25)16-7-3-4-8-19(16)27-2/h3-4,7-10,14,18H,5-6,11-13H2,1-2H3,(H,23,26). The summed E-state index contributed by atoms with van der Waals surface area (Å²) in [5.41, 5.74) is 1.52. The van der Waals surface area contributed by atoms with Crippen molar-refractivity contribution in [2.45, 2.75) is 25.8 Å². The average Bonchev–Trinajstić information content (AvgIpc) is 3.50. The highest BCUT2D eigenvalue weighted by molar-refractivity contribution is 7.13. The van der Waals surface area contributed by atoms with Crippen LogP contribution >= 0.6 is 11.3 Å². The minimum Gasteiger partial charge on any atom is -0.496 e.